The average molecular weight is 396 g/mol. The van der Waals surface area contributed by atoms with E-state index >= 15 is 0 Å². The molecule has 1 N–H and O–H groups in total. The highest BCUT2D eigenvalue weighted by molar-refractivity contribution is 6.29. The first-order valence-electron chi connectivity index (χ1n) is 9.40. The lowest BCUT2D eigenvalue weighted by atomic mass is 10.1. The Hall–Kier alpha value is -2.70. The fraction of sp³-hybridized carbons (Fsp3) is 0.286. The topological polar surface area (TPSA) is 62.6 Å². The van der Waals surface area contributed by atoms with E-state index in [1.54, 1.807) is 12.1 Å². The largest absolute Gasteiger partial charge is 0.378 e. The minimum Gasteiger partial charge on any atom is -0.378 e. The van der Waals surface area contributed by atoms with E-state index in [4.69, 9.17) is 16.3 Å². The van der Waals surface area contributed by atoms with Crippen LogP contribution in [0.15, 0.2) is 64.4 Å². The van der Waals surface area contributed by atoms with Crippen LogP contribution in [0.5, 0.6) is 0 Å². The highest BCUT2D eigenvalue weighted by Crippen LogP contribution is 2.35. The molecule has 0 bridgehead atoms. The Balaban J connectivity index is 1.58. The number of rotatable bonds is 5. The van der Waals surface area contributed by atoms with Crippen molar-refractivity contribution in [2.45, 2.75) is 12.8 Å². The highest BCUT2D eigenvalue weighted by atomic mass is 35.5. The molecular formula is C21H22ClN5O. The van der Waals surface area contributed by atoms with Crippen LogP contribution in [0.4, 0.5) is 5.82 Å². The molecule has 4 rings (SSSR count). The number of hydrogen-bond donors (Lipinski definition) is 1. The van der Waals surface area contributed by atoms with Crippen molar-refractivity contribution in [2.75, 3.05) is 31.7 Å². The number of nitrogens with zero attached hydrogens (tertiary/aromatic N) is 4. The average Bonchev–Trinajstić information content (AvgIpc) is 3.13. The van der Waals surface area contributed by atoms with Crippen molar-refractivity contribution < 1.29 is 4.74 Å². The lowest BCUT2D eigenvalue weighted by Gasteiger charge is -2.31. The zero-order valence-corrected chi connectivity index (χ0v) is 16.3. The molecule has 2 aromatic rings. The van der Waals surface area contributed by atoms with Crippen molar-refractivity contribution in [3.8, 4) is 0 Å². The summed E-state index contributed by atoms with van der Waals surface area (Å²) in [6.45, 7) is 3.31. The van der Waals surface area contributed by atoms with Gasteiger partial charge in [0.2, 0.25) is 0 Å². The summed E-state index contributed by atoms with van der Waals surface area (Å²) in [4.78, 5) is 2.41. The van der Waals surface area contributed by atoms with Crippen LogP contribution in [0.1, 0.15) is 18.4 Å². The summed E-state index contributed by atoms with van der Waals surface area (Å²) >= 11 is 5.77. The SMILES string of the molecule is Clc1ccc(N/N=C/C2=C(N3CCOCC3)C(=C\c3ccccc3)/CC2)nn1. The molecule has 0 atom stereocenters. The van der Waals surface area contributed by atoms with Crippen LogP contribution < -0.4 is 5.43 Å². The second kappa shape index (κ2) is 8.99. The molecule has 0 unspecified atom stereocenters. The molecule has 2 heterocycles. The van der Waals surface area contributed by atoms with E-state index in [0.29, 0.717) is 11.0 Å². The highest BCUT2D eigenvalue weighted by Gasteiger charge is 2.25. The quantitative estimate of drug-likeness (QED) is 0.612. The van der Waals surface area contributed by atoms with E-state index in [0.717, 1.165) is 39.1 Å². The Labute approximate surface area is 169 Å². The van der Waals surface area contributed by atoms with Gasteiger partial charge < -0.3 is 9.64 Å². The van der Waals surface area contributed by atoms with Crippen molar-refractivity contribution >= 4 is 29.7 Å². The summed E-state index contributed by atoms with van der Waals surface area (Å²) in [6, 6.07) is 13.9. The lowest BCUT2D eigenvalue weighted by molar-refractivity contribution is 0.0548. The van der Waals surface area contributed by atoms with E-state index < -0.39 is 0 Å². The second-order valence-electron chi connectivity index (χ2n) is 6.66. The van der Waals surface area contributed by atoms with E-state index in [1.165, 1.54) is 22.4 Å². The molecule has 6 nitrogen and oxygen atoms in total. The number of halogens is 1. The first-order chi connectivity index (χ1) is 13.8. The van der Waals surface area contributed by atoms with Gasteiger partial charge in [-0.15, -0.1) is 10.2 Å². The molecule has 0 saturated carbocycles. The van der Waals surface area contributed by atoms with Crippen LogP contribution in [0, 0.1) is 0 Å². The molecule has 1 aromatic carbocycles. The maximum absolute atomic E-state index is 5.77. The maximum Gasteiger partial charge on any atom is 0.168 e. The molecule has 0 spiro atoms. The summed E-state index contributed by atoms with van der Waals surface area (Å²) in [7, 11) is 0. The molecule has 7 heteroatoms. The lowest BCUT2D eigenvalue weighted by Crippen LogP contribution is -2.36. The van der Waals surface area contributed by atoms with Crippen molar-refractivity contribution in [1.82, 2.24) is 15.1 Å². The van der Waals surface area contributed by atoms with Crippen molar-refractivity contribution in [1.29, 1.82) is 0 Å². The van der Waals surface area contributed by atoms with Crippen molar-refractivity contribution in [3.63, 3.8) is 0 Å². The number of benzene rings is 1. The minimum absolute atomic E-state index is 0.360. The minimum atomic E-state index is 0.360. The van der Waals surface area contributed by atoms with Gasteiger partial charge in [0.25, 0.3) is 0 Å². The van der Waals surface area contributed by atoms with Crippen LogP contribution in [0.3, 0.4) is 0 Å². The van der Waals surface area contributed by atoms with Gasteiger partial charge >= 0.3 is 0 Å². The fourth-order valence-electron chi connectivity index (χ4n) is 3.47. The molecule has 0 amide bonds. The van der Waals surface area contributed by atoms with Gasteiger partial charge in [-0.25, -0.2) is 0 Å². The number of nitrogens with one attached hydrogen (secondary N) is 1. The number of aromatic nitrogens is 2. The smallest absolute Gasteiger partial charge is 0.168 e. The molecule has 28 heavy (non-hydrogen) atoms. The van der Waals surface area contributed by atoms with Crippen LogP contribution in [0.25, 0.3) is 6.08 Å². The Morgan fingerprint density at radius 1 is 1.04 bits per heavy atom. The van der Waals surface area contributed by atoms with Gasteiger partial charge in [-0.2, -0.15) is 5.10 Å². The molecule has 2 aliphatic rings. The number of morpholine rings is 1. The summed E-state index contributed by atoms with van der Waals surface area (Å²) < 4.78 is 5.54. The molecule has 144 valence electrons. The Bertz CT molecular complexity index is 887. The van der Waals surface area contributed by atoms with Crippen LogP contribution in [-0.4, -0.2) is 47.6 Å². The fourth-order valence-corrected chi connectivity index (χ4v) is 3.57. The standard InChI is InChI=1S/C21H22ClN5O/c22-19-8-9-20(26-24-19)25-23-15-18-7-6-17(14-16-4-2-1-3-5-16)21(18)27-10-12-28-13-11-27/h1-5,8-9,14-15H,6-7,10-13H2,(H,25,26)/b17-14-,23-15+. The van der Waals surface area contributed by atoms with E-state index in [9.17, 15) is 0 Å². The number of allylic oxidation sites excluding steroid dienone is 2. The van der Waals surface area contributed by atoms with Crippen LogP contribution in [-0.2, 0) is 4.74 Å². The Morgan fingerprint density at radius 2 is 1.86 bits per heavy atom. The molecule has 0 radical (unpaired) electrons. The third kappa shape index (κ3) is 4.58. The zero-order chi connectivity index (χ0) is 19.2. The monoisotopic (exact) mass is 395 g/mol. The second-order valence-corrected chi connectivity index (χ2v) is 7.05. The first kappa shape index (κ1) is 18.7. The number of anilines is 1. The predicted molar refractivity (Wildman–Crippen MR) is 112 cm³/mol. The van der Waals surface area contributed by atoms with Gasteiger partial charge in [-0.1, -0.05) is 41.9 Å². The van der Waals surface area contributed by atoms with Crippen molar-refractivity contribution in [2.24, 2.45) is 5.10 Å². The van der Waals surface area contributed by atoms with Gasteiger partial charge in [0.1, 0.15) is 0 Å². The molecule has 1 fully saturated rings. The predicted octanol–water partition coefficient (Wildman–Crippen LogP) is 3.99. The van der Waals surface area contributed by atoms with E-state index in [1.807, 2.05) is 12.3 Å². The number of ether oxygens (including phenoxy) is 1. The Morgan fingerprint density at radius 3 is 2.61 bits per heavy atom. The van der Waals surface area contributed by atoms with Gasteiger partial charge in [-0.3, -0.25) is 5.43 Å². The molecule has 1 aliphatic carbocycles. The molecule has 1 aliphatic heterocycles. The van der Waals surface area contributed by atoms with Gasteiger partial charge in [0, 0.05) is 18.8 Å². The molecular weight excluding hydrogens is 374 g/mol. The summed E-state index contributed by atoms with van der Waals surface area (Å²) in [6.07, 6.45) is 6.14. The number of hydrogen-bond acceptors (Lipinski definition) is 6. The van der Waals surface area contributed by atoms with Gasteiger partial charge in [-0.05, 0) is 47.8 Å². The summed E-state index contributed by atoms with van der Waals surface area (Å²) in [5, 5.41) is 12.5. The maximum atomic E-state index is 5.77. The summed E-state index contributed by atoms with van der Waals surface area (Å²) in [5.41, 5.74) is 7.99. The van der Waals surface area contributed by atoms with Crippen LogP contribution in [0.2, 0.25) is 5.15 Å². The van der Waals surface area contributed by atoms with Crippen molar-refractivity contribution in [3.05, 3.63) is 70.0 Å². The van der Waals surface area contributed by atoms with E-state index in [-0.39, 0.29) is 0 Å². The molecule has 1 aromatic heterocycles. The molecule has 1 saturated heterocycles. The Kier molecular flexibility index (Phi) is 5.99. The number of hydrazone groups is 1. The third-order valence-electron chi connectivity index (χ3n) is 4.77. The third-order valence-corrected chi connectivity index (χ3v) is 4.97. The van der Waals surface area contributed by atoms with Gasteiger partial charge in [0.15, 0.2) is 11.0 Å². The van der Waals surface area contributed by atoms with E-state index in [2.05, 4.69) is 56.0 Å². The van der Waals surface area contributed by atoms with Crippen LogP contribution >= 0.6 is 11.6 Å². The normalized spacial score (nSPS) is 19.0. The first-order valence-corrected chi connectivity index (χ1v) is 9.77. The summed E-state index contributed by atoms with van der Waals surface area (Å²) in [5.74, 6) is 0.562. The zero-order valence-electron chi connectivity index (χ0n) is 15.5. The van der Waals surface area contributed by atoms with Gasteiger partial charge in [0.05, 0.1) is 19.4 Å².